The Morgan fingerprint density at radius 2 is 1.84 bits per heavy atom. The topological polar surface area (TPSA) is 144 Å². The Kier molecular flexibility index (Phi) is 9.12. The first-order valence-electron chi connectivity index (χ1n) is 14.2. The zero-order valence-corrected chi connectivity index (χ0v) is 25.6. The first-order chi connectivity index (χ1) is 21.0. The van der Waals surface area contributed by atoms with Gasteiger partial charge in [-0.15, -0.1) is 0 Å². The number of rotatable bonds is 9. The van der Waals surface area contributed by atoms with Gasteiger partial charge in [0.2, 0.25) is 5.95 Å². The number of fused-ring (bicyclic) bond motifs is 1. The maximum Gasteiger partial charge on any atom is 0.410 e. The van der Waals surface area contributed by atoms with E-state index in [4.69, 9.17) is 9.47 Å². The van der Waals surface area contributed by atoms with Crippen LogP contribution in [0.5, 0.6) is 5.75 Å². The van der Waals surface area contributed by atoms with Crippen molar-refractivity contribution in [1.29, 1.82) is 0 Å². The molecule has 2 aromatic heterocycles. The van der Waals surface area contributed by atoms with Crippen molar-refractivity contribution in [2.45, 2.75) is 56.3 Å². The highest BCUT2D eigenvalue weighted by atomic mass is 32.2. The number of hydrogen-bond acceptors (Lipinski definition) is 9. The first kappa shape index (κ1) is 30.9. The van der Waals surface area contributed by atoms with Gasteiger partial charge in [-0.3, -0.25) is 4.98 Å². The van der Waals surface area contributed by atoms with Gasteiger partial charge in [-0.1, -0.05) is 24.3 Å². The second-order valence-corrected chi connectivity index (χ2v) is 13.2. The van der Waals surface area contributed by atoms with Crippen LogP contribution in [0, 0.1) is 0 Å². The van der Waals surface area contributed by atoms with E-state index in [1.165, 1.54) is 23.4 Å². The number of aromatic nitrogens is 3. The minimum absolute atomic E-state index is 0.00444. The molecule has 230 valence electrons. The molecule has 0 aliphatic carbocycles. The molecule has 0 spiro atoms. The Hall–Kier alpha value is -4.55. The van der Waals surface area contributed by atoms with Gasteiger partial charge in [0.25, 0.3) is 10.0 Å². The molecule has 1 aliphatic heterocycles. The summed E-state index contributed by atoms with van der Waals surface area (Å²) < 4.78 is 40.2. The lowest BCUT2D eigenvalue weighted by Gasteiger charge is -2.33. The summed E-state index contributed by atoms with van der Waals surface area (Å²) in [6.07, 6.45) is 5.64. The molecule has 1 aliphatic rings. The number of sulfonamides is 1. The predicted molar refractivity (Wildman–Crippen MR) is 164 cm³/mol. The second kappa shape index (κ2) is 13.0. The summed E-state index contributed by atoms with van der Waals surface area (Å²) in [5.41, 5.74) is 2.44. The molecule has 0 saturated heterocycles. The van der Waals surface area contributed by atoms with Crippen molar-refractivity contribution >= 4 is 22.1 Å². The Balaban J connectivity index is 1.30. The maximum atomic E-state index is 13.1. The van der Waals surface area contributed by atoms with E-state index in [1.807, 2.05) is 24.3 Å². The summed E-state index contributed by atoms with van der Waals surface area (Å²) in [7, 11) is -3.89. The molecule has 4 aromatic rings. The van der Waals surface area contributed by atoms with Gasteiger partial charge in [-0.2, -0.15) is 0 Å². The lowest BCUT2D eigenvalue weighted by Crippen LogP contribution is -2.45. The molecule has 0 saturated carbocycles. The van der Waals surface area contributed by atoms with Gasteiger partial charge in [0.15, 0.2) is 0 Å². The summed E-state index contributed by atoms with van der Waals surface area (Å²) in [5, 5.41) is 10.8. The van der Waals surface area contributed by atoms with Crippen molar-refractivity contribution in [3.8, 4) is 16.9 Å². The average molecular weight is 618 g/mol. The highest BCUT2D eigenvalue weighted by Gasteiger charge is 2.30. The number of nitrogens with one attached hydrogen (secondary N) is 1. The monoisotopic (exact) mass is 617 g/mol. The van der Waals surface area contributed by atoms with Crippen LogP contribution in [0.25, 0.3) is 11.1 Å². The van der Waals surface area contributed by atoms with Crippen LogP contribution in [0.15, 0.2) is 90.3 Å². The molecular weight excluding hydrogens is 582 g/mol. The third-order valence-electron chi connectivity index (χ3n) is 6.90. The van der Waals surface area contributed by atoms with Crippen molar-refractivity contribution in [2.75, 3.05) is 17.8 Å². The summed E-state index contributed by atoms with van der Waals surface area (Å²) in [6, 6.07) is 17.5. The van der Waals surface area contributed by atoms with Crippen LogP contribution in [-0.2, 0) is 21.2 Å². The van der Waals surface area contributed by atoms with Gasteiger partial charge in [0.05, 0.1) is 24.1 Å². The van der Waals surface area contributed by atoms with E-state index >= 15 is 0 Å². The summed E-state index contributed by atoms with van der Waals surface area (Å²) >= 11 is 0. The minimum atomic E-state index is -3.89. The fraction of sp³-hybridized carbons (Fsp3) is 0.312. The smallest absolute Gasteiger partial charge is 0.410 e. The number of pyridine rings is 1. The largest absolute Gasteiger partial charge is 0.488 e. The summed E-state index contributed by atoms with van der Waals surface area (Å²) in [4.78, 5) is 26.6. The van der Waals surface area contributed by atoms with Crippen molar-refractivity contribution in [3.05, 3.63) is 96.6 Å². The third-order valence-corrected chi connectivity index (χ3v) is 8.22. The molecule has 1 unspecified atom stereocenters. The minimum Gasteiger partial charge on any atom is -0.488 e. The zero-order valence-electron chi connectivity index (χ0n) is 24.8. The molecule has 2 aromatic carbocycles. The molecule has 12 heteroatoms. The van der Waals surface area contributed by atoms with Crippen LogP contribution in [0.1, 0.15) is 44.4 Å². The average Bonchev–Trinajstić information content (AvgIpc) is 3.00. The predicted octanol–water partition coefficient (Wildman–Crippen LogP) is 5.00. The number of aryl methyl sites for hydroxylation is 1. The molecule has 1 amide bonds. The fourth-order valence-electron chi connectivity index (χ4n) is 4.81. The van der Waals surface area contributed by atoms with E-state index in [9.17, 15) is 18.3 Å². The van der Waals surface area contributed by atoms with Crippen LogP contribution < -0.4 is 9.46 Å². The van der Waals surface area contributed by atoms with Crippen LogP contribution in [0.3, 0.4) is 0 Å². The Labute approximate surface area is 257 Å². The third kappa shape index (κ3) is 7.88. The lowest BCUT2D eigenvalue weighted by atomic mass is 9.97. The lowest BCUT2D eigenvalue weighted by molar-refractivity contribution is 0.00365. The van der Waals surface area contributed by atoms with E-state index in [0.29, 0.717) is 24.2 Å². The molecule has 0 bridgehead atoms. The van der Waals surface area contributed by atoms with Crippen LogP contribution in [0.4, 0.5) is 10.7 Å². The summed E-state index contributed by atoms with van der Waals surface area (Å²) in [6.45, 7) is 5.64. The van der Waals surface area contributed by atoms with Gasteiger partial charge in [0, 0.05) is 30.4 Å². The van der Waals surface area contributed by atoms with E-state index < -0.39 is 27.8 Å². The summed E-state index contributed by atoms with van der Waals surface area (Å²) in [5.74, 6) is 0.684. The van der Waals surface area contributed by atoms with Gasteiger partial charge in [-0.25, -0.2) is 27.9 Å². The number of carbonyl (C=O) groups is 1. The molecule has 3 heterocycles. The normalized spacial score (nSPS) is 15.4. The quantitative estimate of drug-likeness (QED) is 0.265. The Morgan fingerprint density at radius 1 is 1.07 bits per heavy atom. The number of benzene rings is 2. The van der Waals surface area contributed by atoms with Crippen molar-refractivity contribution in [1.82, 2.24) is 19.9 Å². The van der Waals surface area contributed by atoms with Crippen molar-refractivity contribution < 1.29 is 27.8 Å². The molecule has 2 atom stereocenters. The Morgan fingerprint density at radius 3 is 2.57 bits per heavy atom. The zero-order chi connectivity index (χ0) is 31.3. The van der Waals surface area contributed by atoms with Crippen molar-refractivity contribution in [3.63, 3.8) is 0 Å². The number of aliphatic hydroxyl groups is 1. The van der Waals surface area contributed by atoms with E-state index in [1.54, 1.807) is 63.5 Å². The number of carbonyl (C=O) groups excluding carboxylic acids is 1. The number of hydrogen-bond donors (Lipinski definition) is 2. The van der Waals surface area contributed by atoms with Gasteiger partial charge in [-0.05, 0) is 86.7 Å². The second-order valence-electron chi connectivity index (χ2n) is 11.5. The SMILES string of the molecule is CC(C)(C)OC(=O)N(CC(O)c1cccnc1)C[C@H]1CCc2cc(-c3cccc(S(=O)(=O)Nc4ncccn4)c3)ccc2O1. The standard InChI is InChI=1S/C32H35N5O6S/c1-32(2,3)43-31(39)37(21-28(38)25-8-5-14-33-19-25)20-26-12-10-24-17-23(11-13-29(24)42-26)22-7-4-9-27(18-22)44(40,41)36-30-34-15-6-16-35-30/h4-9,11,13-19,26,28,38H,10,12,20-21H2,1-3H3,(H,34,35,36)/t26-,28?/m1/s1. The van der Waals surface area contributed by atoms with Crippen LogP contribution >= 0.6 is 0 Å². The van der Waals surface area contributed by atoms with Gasteiger partial charge >= 0.3 is 6.09 Å². The van der Waals surface area contributed by atoms with Crippen LogP contribution in [-0.4, -0.2) is 64.3 Å². The van der Waals surface area contributed by atoms with Gasteiger partial charge < -0.3 is 19.5 Å². The highest BCUT2D eigenvalue weighted by molar-refractivity contribution is 7.92. The van der Waals surface area contributed by atoms with Crippen molar-refractivity contribution in [2.24, 2.45) is 0 Å². The molecule has 2 N–H and O–H groups in total. The Bertz CT molecular complexity index is 1700. The number of anilines is 1. The maximum absolute atomic E-state index is 13.1. The number of amides is 1. The molecule has 44 heavy (non-hydrogen) atoms. The van der Waals surface area contributed by atoms with E-state index in [-0.39, 0.29) is 30.0 Å². The fourth-order valence-corrected chi connectivity index (χ4v) is 5.81. The molecule has 0 radical (unpaired) electrons. The molecule has 5 rings (SSSR count). The number of aliphatic hydroxyl groups excluding tert-OH is 1. The number of ether oxygens (including phenoxy) is 2. The molecule has 11 nitrogen and oxygen atoms in total. The van der Waals surface area contributed by atoms with E-state index in [0.717, 1.165) is 16.7 Å². The molecular formula is C32H35N5O6S. The van der Waals surface area contributed by atoms with E-state index in [2.05, 4.69) is 19.7 Å². The first-order valence-corrected chi connectivity index (χ1v) is 15.7. The number of nitrogens with zero attached hydrogens (tertiary/aromatic N) is 4. The van der Waals surface area contributed by atoms with Gasteiger partial charge in [0.1, 0.15) is 17.5 Å². The highest BCUT2D eigenvalue weighted by Crippen LogP contribution is 2.33. The van der Waals surface area contributed by atoms with Crippen LogP contribution in [0.2, 0.25) is 0 Å². The molecule has 0 fully saturated rings.